The fourth-order valence-corrected chi connectivity index (χ4v) is 4.64. The maximum Gasteiger partial charge on any atom is 0.238 e. The van der Waals surface area contributed by atoms with Crippen molar-refractivity contribution in [2.75, 3.05) is 49.5 Å². The zero-order chi connectivity index (χ0) is 20.2. The van der Waals surface area contributed by atoms with Gasteiger partial charge in [0, 0.05) is 32.0 Å². The van der Waals surface area contributed by atoms with Crippen molar-refractivity contribution in [3.63, 3.8) is 0 Å². The van der Waals surface area contributed by atoms with Gasteiger partial charge in [0.25, 0.3) is 0 Å². The second kappa shape index (κ2) is 8.95. The second-order valence-electron chi connectivity index (χ2n) is 8.30. The van der Waals surface area contributed by atoms with Gasteiger partial charge in [-0.05, 0) is 57.3 Å². The van der Waals surface area contributed by atoms with E-state index in [2.05, 4.69) is 10.2 Å². The van der Waals surface area contributed by atoms with Gasteiger partial charge in [-0.3, -0.25) is 19.3 Å². The molecule has 7 heteroatoms. The lowest BCUT2D eigenvalue weighted by Crippen LogP contribution is -2.44. The van der Waals surface area contributed by atoms with Crippen LogP contribution in [0.25, 0.3) is 0 Å². The van der Waals surface area contributed by atoms with Gasteiger partial charge < -0.3 is 15.1 Å². The summed E-state index contributed by atoms with van der Waals surface area (Å²) in [4.78, 5) is 43.1. The fourth-order valence-electron chi connectivity index (χ4n) is 4.64. The molecule has 4 rings (SSSR count). The minimum absolute atomic E-state index is 0.0755. The van der Waals surface area contributed by atoms with Crippen molar-refractivity contribution in [2.45, 2.75) is 38.5 Å². The van der Waals surface area contributed by atoms with Crippen LogP contribution in [-0.2, 0) is 14.4 Å². The largest absolute Gasteiger partial charge is 0.342 e. The Labute approximate surface area is 172 Å². The van der Waals surface area contributed by atoms with Gasteiger partial charge >= 0.3 is 0 Å². The number of nitrogens with zero attached hydrogens (tertiary/aromatic N) is 3. The predicted octanol–water partition coefficient (Wildman–Crippen LogP) is 2.09. The van der Waals surface area contributed by atoms with Gasteiger partial charge in [0.2, 0.25) is 17.7 Å². The van der Waals surface area contributed by atoms with Gasteiger partial charge in [-0.1, -0.05) is 12.1 Å². The average molecular weight is 399 g/mol. The normalized spacial score (nSPS) is 21.0. The molecule has 3 fully saturated rings. The first-order valence-electron chi connectivity index (χ1n) is 10.8. The fraction of sp³-hybridized carbons (Fsp3) is 0.591. The zero-order valence-corrected chi connectivity index (χ0v) is 16.9. The number of hydrogen-bond acceptors (Lipinski definition) is 4. The summed E-state index contributed by atoms with van der Waals surface area (Å²) in [7, 11) is 0. The molecule has 7 nitrogen and oxygen atoms in total. The molecule has 3 amide bonds. The smallest absolute Gasteiger partial charge is 0.238 e. The Morgan fingerprint density at radius 3 is 2.38 bits per heavy atom. The molecule has 156 valence electrons. The molecule has 1 aromatic rings. The number of carbonyl (C=O) groups is 3. The molecule has 3 aliphatic rings. The second-order valence-corrected chi connectivity index (χ2v) is 8.30. The van der Waals surface area contributed by atoms with E-state index in [9.17, 15) is 14.4 Å². The molecule has 1 aromatic carbocycles. The number of anilines is 2. The Balaban J connectivity index is 1.29. The van der Waals surface area contributed by atoms with Crippen molar-refractivity contribution in [1.82, 2.24) is 9.80 Å². The van der Waals surface area contributed by atoms with Gasteiger partial charge in [0.1, 0.15) is 0 Å². The van der Waals surface area contributed by atoms with Crippen LogP contribution >= 0.6 is 0 Å². The van der Waals surface area contributed by atoms with Crippen LogP contribution in [-0.4, -0.2) is 66.8 Å². The number of benzene rings is 1. The lowest BCUT2D eigenvalue weighted by molar-refractivity contribution is -0.136. The summed E-state index contributed by atoms with van der Waals surface area (Å²) in [6.07, 6.45) is 5.30. The first-order chi connectivity index (χ1) is 14.1. The number of piperidine rings is 1. The predicted molar refractivity (Wildman–Crippen MR) is 112 cm³/mol. The first-order valence-corrected chi connectivity index (χ1v) is 10.8. The van der Waals surface area contributed by atoms with Gasteiger partial charge in [-0.2, -0.15) is 0 Å². The standard InChI is InChI=1S/C22H30N4O3/c27-20(23-18-6-1-2-7-19(18)26-13-5-8-21(26)28)16-24-14-9-17(10-15-24)22(29)25-11-3-4-12-25/h1-2,6-7,17H,3-5,8-16H2,(H,23,27). The van der Waals surface area contributed by atoms with E-state index in [0.717, 1.165) is 64.0 Å². The highest BCUT2D eigenvalue weighted by molar-refractivity contribution is 6.02. The van der Waals surface area contributed by atoms with E-state index in [0.29, 0.717) is 31.1 Å². The summed E-state index contributed by atoms with van der Waals surface area (Å²) in [5, 5.41) is 2.98. The number of nitrogens with one attached hydrogen (secondary N) is 1. The number of carbonyl (C=O) groups excluding carboxylic acids is 3. The van der Waals surface area contributed by atoms with Gasteiger partial charge in [-0.15, -0.1) is 0 Å². The maximum atomic E-state index is 12.6. The lowest BCUT2D eigenvalue weighted by Gasteiger charge is -2.32. The number of para-hydroxylation sites is 2. The summed E-state index contributed by atoms with van der Waals surface area (Å²) in [6.45, 7) is 4.35. The van der Waals surface area contributed by atoms with Crippen LogP contribution in [0.1, 0.15) is 38.5 Å². The molecule has 0 radical (unpaired) electrons. The van der Waals surface area contributed by atoms with Crippen LogP contribution in [0.5, 0.6) is 0 Å². The van der Waals surface area contributed by atoms with Crippen molar-refractivity contribution < 1.29 is 14.4 Å². The average Bonchev–Trinajstić information content (AvgIpc) is 3.40. The number of amides is 3. The third-order valence-electron chi connectivity index (χ3n) is 6.26. The monoisotopic (exact) mass is 398 g/mol. The Morgan fingerprint density at radius 2 is 1.69 bits per heavy atom. The highest BCUT2D eigenvalue weighted by atomic mass is 16.2. The third kappa shape index (κ3) is 4.61. The minimum Gasteiger partial charge on any atom is -0.342 e. The van der Waals surface area contributed by atoms with E-state index in [1.807, 2.05) is 29.2 Å². The number of hydrogen-bond donors (Lipinski definition) is 1. The number of rotatable bonds is 5. The van der Waals surface area contributed by atoms with Crippen LogP contribution in [0.3, 0.4) is 0 Å². The van der Waals surface area contributed by atoms with E-state index in [4.69, 9.17) is 0 Å². The molecule has 3 heterocycles. The van der Waals surface area contributed by atoms with E-state index < -0.39 is 0 Å². The topological polar surface area (TPSA) is 73.0 Å². The van der Waals surface area contributed by atoms with E-state index >= 15 is 0 Å². The van der Waals surface area contributed by atoms with E-state index in [-0.39, 0.29) is 17.7 Å². The quantitative estimate of drug-likeness (QED) is 0.824. The number of likely N-dealkylation sites (tertiary alicyclic amines) is 2. The molecule has 0 atom stereocenters. The summed E-state index contributed by atoms with van der Waals surface area (Å²) < 4.78 is 0. The van der Waals surface area contributed by atoms with Crippen LogP contribution < -0.4 is 10.2 Å². The van der Waals surface area contributed by atoms with Crippen molar-refractivity contribution in [2.24, 2.45) is 5.92 Å². The lowest BCUT2D eigenvalue weighted by atomic mass is 9.95. The Hall–Kier alpha value is -2.41. The molecule has 0 bridgehead atoms. The molecule has 1 N–H and O–H groups in total. The molecule has 3 aliphatic heterocycles. The molecular weight excluding hydrogens is 368 g/mol. The van der Waals surface area contributed by atoms with Crippen molar-refractivity contribution >= 4 is 29.1 Å². The van der Waals surface area contributed by atoms with Crippen LogP contribution in [0.4, 0.5) is 11.4 Å². The molecule has 29 heavy (non-hydrogen) atoms. The zero-order valence-electron chi connectivity index (χ0n) is 16.9. The molecule has 0 aromatic heterocycles. The highest BCUT2D eigenvalue weighted by Gasteiger charge is 2.30. The highest BCUT2D eigenvalue weighted by Crippen LogP contribution is 2.29. The minimum atomic E-state index is -0.0755. The van der Waals surface area contributed by atoms with Gasteiger partial charge in [0.15, 0.2) is 0 Å². The van der Waals surface area contributed by atoms with Crippen molar-refractivity contribution in [3.8, 4) is 0 Å². The SMILES string of the molecule is O=C(CN1CCC(C(=O)N2CCCC2)CC1)Nc1ccccc1N1CCCC1=O. The Morgan fingerprint density at radius 1 is 0.966 bits per heavy atom. The summed E-state index contributed by atoms with van der Waals surface area (Å²) in [5.41, 5.74) is 1.46. The molecule has 0 aliphatic carbocycles. The maximum absolute atomic E-state index is 12.6. The first kappa shape index (κ1) is 19.9. The van der Waals surface area contributed by atoms with Crippen LogP contribution in [0.2, 0.25) is 0 Å². The molecule has 0 saturated carbocycles. The van der Waals surface area contributed by atoms with Gasteiger partial charge in [-0.25, -0.2) is 0 Å². The summed E-state index contributed by atoms with van der Waals surface area (Å²) in [6, 6.07) is 7.49. The van der Waals surface area contributed by atoms with Crippen LogP contribution in [0, 0.1) is 5.92 Å². The summed E-state index contributed by atoms with van der Waals surface area (Å²) >= 11 is 0. The van der Waals surface area contributed by atoms with Crippen molar-refractivity contribution in [1.29, 1.82) is 0 Å². The molecular formula is C22H30N4O3. The summed E-state index contributed by atoms with van der Waals surface area (Å²) in [5.74, 6) is 0.440. The Bertz CT molecular complexity index is 767. The Kier molecular flexibility index (Phi) is 6.13. The van der Waals surface area contributed by atoms with Gasteiger partial charge in [0.05, 0.1) is 17.9 Å². The molecule has 3 saturated heterocycles. The molecule has 0 spiro atoms. The van der Waals surface area contributed by atoms with Crippen molar-refractivity contribution in [3.05, 3.63) is 24.3 Å². The molecule has 0 unspecified atom stereocenters. The van der Waals surface area contributed by atoms with E-state index in [1.165, 1.54) is 0 Å². The van der Waals surface area contributed by atoms with E-state index in [1.54, 1.807) is 4.90 Å². The van der Waals surface area contributed by atoms with Crippen LogP contribution in [0.15, 0.2) is 24.3 Å². The third-order valence-corrected chi connectivity index (χ3v) is 6.26.